The normalized spacial score (nSPS) is 13.6. The minimum Gasteiger partial charge on any atom is -0.462 e. The minimum atomic E-state index is -0.341. The lowest BCUT2D eigenvalue weighted by Gasteiger charge is -2.26. The Kier molecular flexibility index (Phi) is 5.40. The molecule has 0 saturated heterocycles. The van der Waals surface area contributed by atoms with E-state index in [1.807, 2.05) is 19.9 Å². The van der Waals surface area contributed by atoms with E-state index in [0.717, 1.165) is 0 Å². The van der Waals surface area contributed by atoms with Crippen molar-refractivity contribution < 1.29 is 19.1 Å². The Labute approximate surface area is 158 Å². The van der Waals surface area contributed by atoms with Crippen LogP contribution in [0, 0.1) is 5.41 Å². The van der Waals surface area contributed by atoms with Gasteiger partial charge in [0.2, 0.25) is 0 Å². The molecule has 0 aliphatic carbocycles. The van der Waals surface area contributed by atoms with Gasteiger partial charge in [0, 0.05) is 6.54 Å². The number of fused-ring (bicyclic) bond motifs is 1. The molecule has 3 rings (SSSR count). The second kappa shape index (κ2) is 7.74. The Morgan fingerprint density at radius 2 is 1.44 bits per heavy atom. The Balaban J connectivity index is 1.50. The molecule has 0 saturated carbocycles. The van der Waals surface area contributed by atoms with Crippen LogP contribution >= 0.6 is 0 Å². The average Bonchev–Trinajstić information content (AvgIpc) is 2.91. The minimum absolute atomic E-state index is 0.174. The van der Waals surface area contributed by atoms with Crippen molar-refractivity contribution in [2.75, 3.05) is 13.2 Å². The van der Waals surface area contributed by atoms with E-state index in [1.165, 1.54) is 4.90 Å². The largest absolute Gasteiger partial charge is 0.462 e. The predicted octanol–water partition coefficient (Wildman–Crippen LogP) is 3.95. The summed E-state index contributed by atoms with van der Waals surface area (Å²) < 4.78 is 5.34. The summed E-state index contributed by atoms with van der Waals surface area (Å²) in [6.45, 7) is 4.73. The zero-order chi connectivity index (χ0) is 19.4. The molecule has 2 aromatic carbocycles. The van der Waals surface area contributed by atoms with Gasteiger partial charge in [0.05, 0.1) is 23.3 Å². The maximum atomic E-state index is 12.4. The predicted molar refractivity (Wildman–Crippen MR) is 102 cm³/mol. The van der Waals surface area contributed by atoms with Crippen molar-refractivity contribution in [3.63, 3.8) is 0 Å². The highest BCUT2D eigenvalue weighted by atomic mass is 16.5. The third kappa shape index (κ3) is 4.25. The zero-order valence-corrected chi connectivity index (χ0v) is 15.6. The van der Waals surface area contributed by atoms with Gasteiger partial charge in [-0.15, -0.1) is 0 Å². The second-order valence-electron chi connectivity index (χ2n) is 7.47. The van der Waals surface area contributed by atoms with Gasteiger partial charge in [-0.3, -0.25) is 14.5 Å². The lowest BCUT2D eigenvalue weighted by Crippen LogP contribution is -2.33. The van der Waals surface area contributed by atoms with E-state index in [-0.39, 0.29) is 23.2 Å². The number of rotatable bonds is 7. The number of hydrogen-bond acceptors (Lipinski definition) is 4. The Morgan fingerprint density at radius 1 is 0.889 bits per heavy atom. The standard InChI is InChI=1S/C22H23NO4/c1-22(2,13-15-27-21(26)16-8-4-3-5-9-16)12-14-23-19(24)17-10-6-7-11-18(17)20(23)25/h3-11H,12-15H2,1-2H3. The second-order valence-corrected chi connectivity index (χ2v) is 7.47. The van der Waals surface area contributed by atoms with Crippen molar-refractivity contribution >= 4 is 17.8 Å². The summed E-state index contributed by atoms with van der Waals surface area (Å²) in [7, 11) is 0. The number of ether oxygens (including phenoxy) is 1. The molecule has 27 heavy (non-hydrogen) atoms. The van der Waals surface area contributed by atoms with Crippen molar-refractivity contribution in [2.45, 2.75) is 26.7 Å². The number of imide groups is 1. The molecule has 0 unspecified atom stereocenters. The first-order chi connectivity index (χ1) is 12.9. The lowest BCUT2D eigenvalue weighted by atomic mass is 9.86. The van der Waals surface area contributed by atoms with Gasteiger partial charge < -0.3 is 4.74 Å². The monoisotopic (exact) mass is 365 g/mol. The fraction of sp³-hybridized carbons (Fsp3) is 0.318. The van der Waals surface area contributed by atoms with Gasteiger partial charge >= 0.3 is 5.97 Å². The van der Waals surface area contributed by atoms with Crippen LogP contribution in [0.4, 0.5) is 0 Å². The molecule has 5 nitrogen and oxygen atoms in total. The fourth-order valence-corrected chi connectivity index (χ4v) is 3.06. The van der Waals surface area contributed by atoms with Crippen molar-refractivity contribution in [3.8, 4) is 0 Å². The van der Waals surface area contributed by atoms with Crippen LogP contribution < -0.4 is 0 Å². The summed E-state index contributed by atoms with van der Waals surface area (Å²) in [5.41, 5.74) is 1.29. The van der Waals surface area contributed by atoms with E-state index in [1.54, 1.807) is 48.5 Å². The van der Waals surface area contributed by atoms with Crippen molar-refractivity contribution in [3.05, 3.63) is 71.3 Å². The summed E-state index contributed by atoms with van der Waals surface area (Å²) in [6, 6.07) is 15.8. The van der Waals surface area contributed by atoms with Crippen LogP contribution in [0.5, 0.6) is 0 Å². The van der Waals surface area contributed by atoms with Gasteiger partial charge in [-0.05, 0) is 42.5 Å². The molecule has 0 atom stereocenters. The molecule has 2 aromatic rings. The third-order valence-corrected chi connectivity index (χ3v) is 4.91. The third-order valence-electron chi connectivity index (χ3n) is 4.91. The van der Waals surface area contributed by atoms with Crippen LogP contribution in [0.1, 0.15) is 57.8 Å². The Morgan fingerprint density at radius 3 is 2.04 bits per heavy atom. The molecule has 5 heteroatoms. The molecule has 1 aliphatic rings. The zero-order valence-electron chi connectivity index (χ0n) is 15.6. The molecule has 0 bridgehead atoms. The summed E-state index contributed by atoms with van der Waals surface area (Å²) in [4.78, 5) is 38.1. The van der Waals surface area contributed by atoms with Crippen molar-refractivity contribution in [1.29, 1.82) is 0 Å². The van der Waals surface area contributed by atoms with Crippen LogP contribution in [-0.2, 0) is 4.74 Å². The van der Waals surface area contributed by atoms with E-state index in [0.29, 0.717) is 42.7 Å². The van der Waals surface area contributed by atoms with Crippen LogP contribution in [-0.4, -0.2) is 35.8 Å². The topological polar surface area (TPSA) is 63.7 Å². The molecule has 1 heterocycles. The smallest absolute Gasteiger partial charge is 0.338 e. The molecule has 0 aromatic heterocycles. The number of esters is 1. The molecule has 0 N–H and O–H groups in total. The first kappa shape index (κ1) is 18.8. The molecular formula is C22H23NO4. The van der Waals surface area contributed by atoms with Gasteiger partial charge in [0.15, 0.2) is 0 Å². The summed E-state index contributed by atoms with van der Waals surface area (Å²) >= 11 is 0. The van der Waals surface area contributed by atoms with Gasteiger partial charge in [-0.1, -0.05) is 44.2 Å². The maximum Gasteiger partial charge on any atom is 0.338 e. The molecule has 2 amide bonds. The number of amides is 2. The first-order valence-corrected chi connectivity index (χ1v) is 9.06. The maximum absolute atomic E-state index is 12.4. The van der Waals surface area contributed by atoms with E-state index in [2.05, 4.69) is 0 Å². The van der Waals surface area contributed by atoms with Gasteiger partial charge in [-0.25, -0.2) is 4.79 Å². The first-order valence-electron chi connectivity index (χ1n) is 9.06. The highest BCUT2D eigenvalue weighted by Crippen LogP contribution is 2.29. The van der Waals surface area contributed by atoms with Crippen LogP contribution in [0.3, 0.4) is 0 Å². The van der Waals surface area contributed by atoms with E-state index >= 15 is 0 Å². The van der Waals surface area contributed by atoms with Gasteiger partial charge in [-0.2, -0.15) is 0 Å². The number of carbonyl (C=O) groups is 3. The summed E-state index contributed by atoms with van der Waals surface area (Å²) in [5.74, 6) is -0.810. The molecule has 140 valence electrons. The van der Waals surface area contributed by atoms with Gasteiger partial charge in [0.25, 0.3) is 11.8 Å². The number of benzene rings is 2. The molecular weight excluding hydrogens is 342 g/mol. The van der Waals surface area contributed by atoms with Gasteiger partial charge in [0.1, 0.15) is 0 Å². The Bertz CT molecular complexity index is 823. The van der Waals surface area contributed by atoms with Crippen LogP contribution in [0.2, 0.25) is 0 Å². The van der Waals surface area contributed by atoms with Crippen LogP contribution in [0.15, 0.2) is 54.6 Å². The number of carbonyl (C=O) groups excluding carboxylic acids is 3. The highest BCUT2D eigenvalue weighted by Gasteiger charge is 2.35. The quantitative estimate of drug-likeness (QED) is 0.551. The van der Waals surface area contributed by atoms with E-state index in [9.17, 15) is 14.4 Å². The fourth-order valence-electron chi connectivity index (χ4n) is 3.06. The van der Waals surface area contributed by atoms with Crippen molar-refractivity contribution in [2.24, 2.45) is 5.41 Å². The molecule has 1 aliphatic heterocycles. The summed E-state index contributed by atoms with van der Waals surface area (Å²) in [6.07, 6.45) is 1.29. The number of nitrogens with zero attached hydrogens (tertiary/aromatic N) is 1. The average molecular weight is 365 g/mol. The Hall–Kier alpha value is -2.95. The van der Waals surface area contributed by atoms with Crippen LogP contribution in [0.25, 0.3) is 0 Å². The summed E-state index contributed by atoms with van der Waals surface area (Å²) in [5, 5.41) is 0. The van der Waals surface area contributed by atoms with Crippen molar-refractivity contribution in [1.82, 2.24) is 4.90 Å². The lowest BCUT2D eigenvalue weighted by molar-refractivity contribution is 0.0448. The highest BCUT2D eigenvalue weighted by molar-refractivity contribution is 6.21. The molecule has 0 fully saturated rings. The molecule has 0 spiro atoms. The SMILES string of the molecule is CC(C)(CCOC(=O)c1ccccc1)CCN1C(=O)c2ccccc2C1=O. The molecule has 0 radical (unpaired) electrons. The van der Waals surface area contributed by atoms with E-state index < -0.39 is 0 Å². The number of hydrogen-bond donors (Lipinski definition) is 0. The van der Waals surface area contributed by atoms with E-state index in [4.69, 9.17) is 4.74 Å².